The van der Waals surface area contributed by atoms with E-state index in [9.17, 15) is 0 Å². The van der Waals surface area contributed by atoms with Crippen molar-refractivity contribution in [3.8, 4) is 0 Å². The van der Waals surface area contributed by atoms with Gasteiger partial charge in [0.2, 0.25) is 0 Å². The van der Waals surface area contributed by atoms with Crippen LogP contribution in [0.1, 0.15) is 5.56 Å². The molecule has 1 aromatic heterocycles. The minimum atomic E-state index is 0. The smallest absolute Gasteiger partial charge is 0.167 e. The van der Waals surface area contributed by atoms with Crippen LogP contribution in [0.15, 0.2) is 24.5 Å². The molecule has 0 aliphatic carbocycles. The lowest BCUT2D eigenvalue weighted by atomic mass is 10.3. The largest absolute Gasteiger partial charge is 1.00 e. The molecule has 0 aliphatic heterocycles. The Hall–Kier alpha value is -0.120. The molecule has 0 aliphatic rings. The van der Waals surface area contributed by atoms with Crippen LogP contribution in [-0.4, -0.2) is 0 Å². The fourth-order valence-electron chi connectivity index (χ4n) is 0.470. The lowest BCUT2D eigenvalue weighted by Gasteiger charge is -1.77. The highest BCUT2D eigenvalue weighted by Gasteiger charge is 1.78. The number of aryl methyl sites for hydroxylation is 1. The highest BCUT2D eigenvalue weighted by Crippen LogP contribution is 1.86. The maximum absolute atomic E-state index is 2.93. The van der Waals surface area contributed by atoms with E-state index in [4.69, 9.17) is 0 Å². The summed E-state index contributed by atoms with van der Waals surface area (Å²) in [4.78, 5) is 2.93. The molecule has 0 bridgehead atoms. The Morgan fingerprint density at radius 1 is 1.25 bits per heavy atom. The predicted octanol–water partition coefficient (Wildman–Crippen LogP) is -2.19. The number of nitrogens with one attached hydrogen (secondary N) is 1. The van der Waals surface area contributed by atoms with Gasteiger partial charge >= 0.3 is 0 Å². The summed E-state index contributed by atoms with van der Waals surface area (Å²) in [5.74, 6) is 0. The molecule has 1 N–H and O–H groups in total. The number of rotatable bonds is 0. The second-order valence-electron chi connectivity index (χ2n) is 1.58. The molecule has 0 unspecified atom stereocenters. The lowest BCUT2D eigenvalue weighted by molar-refractivity contribution is -0.378. The van der Waals surface area contributed by atoms with Crippen LogP contribution in [0.3, 0.4) is 0 Å². The standard InChI is InChI=1S/C6H7N.HI/c1-6-2-4-7-5-3-6;/h2-5H,1H3;1H. The fraction of sp³-hybridized carbons (Fsp3) is 0.167. The summed E-state index contributed by atoms with van der Waals surface area (Å²) in [6.45, 7) is 2.06. The van der Waals surface area contributed by atoms with Crippen molar-refractivity contribution in [2.24, 2.45) is 0 Å². The van der Waals surface area contributed by atoms with Crippen molar-refractivity contribution in [3.63, 3.8) is 0 Å². The first-order chi connectivity index (χ1) is 3.39. The van der Waals surface area contributed by atoms with Crippen molar-refractivity contribution >= 4 is 0 Å². The minimum absolute atomic E-state index is 0. The highest BCUT2D eigenvalue weighted by atomic mass is 127. The summed E-state index contributed by atoms with van der Waals surface area (Å²) in [6, 6.07) is 4.06. The Morgan fingerprint density at radius 3 is 2.00 bits per heavy atom. The molecular weight excluding hydrogens is 213 g/mol. The van der Waals surface area contributed by atoms with Gasteiger partial charge in [-0.05, 0) is 12.5 Å². The van der Waals surface area contributed by atoms with Crippen molar-refractivity contribution in [1.82, 2.24) is 0 Å². The number of halogens is 1. The summed E-state index contributed by atoms with van der Waals surface area (Å²) in [5, 5.41) is 0. The van der Waals surface area contributed by atoms with Crippen molar-refractivity contribution in [3.05, 3.63) is 30.1 Å². The molecule has 0 amide bonds. The van der Waals surface area contributed by atoms with Crippen LogP contribution in [0.25, 0.3) is 0 Å². The highest BCUT2D eigenvalue weighted by molar-refractivity contribution is 5.02. The Bertz CT molecular complexity index is 138. The van der Waals surface area contributed by atoms with Gasteiger partial charge in [-0.15, -0.1) is 0 Å². The average molecular weight is 221 g/mol. The Labute approximate surface area is 66.2 Å². The molecule has 0 spiro atoms. The molecule has 0 radical (unpaired) electrons. The average Bonchev–Trinajstić information content (AvgIpc) is 1.69. The fourth-order valence-corrected chi connectivity index (χ4v) is 0.470. The Balaban J connectivity index is 0.000000490. The van der Waals surface area contributed by atoms with Crippen LogP contribution >= 0.6 is 0 Å². The van der Waals surface area contributed by atoms with E-state index in [1.807, 2.05) is 24.5 Å². The van der Waals surface area contributed by atoms with Crippen LogP contribution in [-0.2, 0) is 0 Å². The zero-order chi connectivity index (χ0) is 5.11. The molecule has 1 nitrogen and oxygen atoms in total. The van der Waals surface area contributed by atoms with E-state index in [2.05, 4.69) is 11.9 Å². The van der Waals surface area contributed by atoms with E-state index in [0.29, 0.717) is 0 Å². The second kappa shape index (κ2) is 3.83. The van der Waals surface area contributed by atoms with Crippen molar-refractivity contribution < 1.29 is 29.0 Å². The first-order valence-corrected chi connectivity index (χ1v) is 2.32. The number of H-pyrrole nitrogens is 1. The summed E-state index contributed by atoms with van der Waals surface area (Å²) < 4.78 is 0. The zero-order valence-electron chi connectivity index (χ0n) is 4.69. The van der Waals surface area contributed by atoms with E-state index >= 15 is 0 Å². The summed E-state index contributed by atoms with van der Waals surface area (Å²) in [6.07, 6.45) is 3.82. The van der Waals surface area contributed by atoms with Crippen LogP contribution in [0, 0.1) is 6.92 Å². The molecule has 0 saturated carbocycles. The number of hydrogen-bond donors (Lipinski definition) is 0. The van der Waals surface area contributed by atoms with Gasteiger partial charge in [-0.25, -0.2) is 4.98 Å². The van der Waals surface area contributed by atoms with Gasteiger partial charge in [0.25, 0.3) is 0 Å². The molecule has 0 saturated heterocycles. The molecule has 2 heteroatoms. The molecule has 0 fully saturated rings. The number of aromatic amines is 1. The maximum Gasteiger partial charge on any atom is 0.167 e. The molecule has 1 heterocycles. The third-order valence-corrected chi connectivity index (χ3v) is 0.885. The van der Waals surface area contributed by atoms with Crippen LogP contribution in [0.5, 0.6) is 0 Å². The second-order valence-corrected chi connectivity index (χ2v) is 1.58. The Morgan fingerprint density at radius 2 is 1.75 bits per heavy atom. The normalized spacial score (nSPS) is 7.62. The number of aromatic nitrogens is 1. The van der Waals surface area contributed by atoms with Gasteiger partial charge in [-0.3, -0.25) is 0 Å². The van der Waals surface area contributed by atoms with E-state index < -0.39 is 0 Å². The first-order valence-electron chi connectivity index (χ1n) is 2.32. The SMILES string of the molecule is Cc1cc[nH+]cc1.[I-]. The number of pyridine rings is 1. The van der Waals surface area contributed by atoms with Gasteiger partial charge in [-0.2, -0.15) is 0 Å². The third-order valence-electron chi connectivity index (χ3n) is 0.885. The van der Waals surface area contributed by atoms with Crippen molar-refractivity contribution in [2.45, 2.75) is 6.92 Å². The summed E-state index contributed by atoms with van der Waals surface area (Å²) in [5.41, 5.74) is 1.29. The van der Waals surface area contributed by atoms with Crippen LogP contribution < -0.4 is 29.0 Å². The van der Waals surface area contributed by atoms with Gasteiger partial charge in [0.1, 0.15) is 0 Å². The van der Waals surface area contributed by atoms with Crippen LogP contribution in [0.2, 0.25) is 0 Å². The van der Waals surface area contributed by atoms with Gasteiger partial charge in [0.05, 0.1) is 0 Å². The quantitative estimate of drug-likeness (QED) is 0.442. The Kier molecular flexibility index (Phi) is 3.77. The van der Waals surface area contributed by atoms with E-state index in [1.54, 1.807) is 0 Å². The minimum Gasteiger partial charge on any atom is -1.00 e. The van der Waals surface area contributed by atoms with E-state index in [0.717, 1.165) is 0 Å². The third kappa shape index (κ3) is 2.26. The molecule has 0 atom stereocenters. The predicted molar refractivity (Wildman–Crippen MR) is 27.7 cm³/mol. The van der Waals surface area contributed by atoms with Crippen molar-refractivity contribution in [1.29, 1.82) is 0 Å². The molecule has 0 aromatic carbocycles. The van der Waals surface area contributed by atoms with E-state index in [-0.39, 0.29) is 24.0 Å². The lowest BCUT2D eigenvalue weighted by Crippen LogP contribution is -3.00. The molecular formula is C6H8IN. The molecule has 1 aromatic rings. The number of hydrogen-bond acceptors (Lipinski definition) is 0. The summed E-state index contributed by atoms with van der Waals surface area (Å²) >= 11 is 0. The van der Waals surface area contributed by atoms with Gasteiger partial charge in [0.15, 0.2) is 12.4 Å². The van der Waals surface area contributed by atoms with Crippen LogP contribution in [0.4, 0.5) is 0 Å². The molecule has 8 heavy (non-hydrogen) atoms. The van der Waals surface area contributed by atoms with E-state index in [1.165, 1.54) is 5.56 Å². The summed E-state index contributed by atoms with van der Waals surface area (Å²) in [7, 11) is 0. The van der Waals surface area contributed by atoms with Crippen molar-refractivity contribution in [2.75, 3.05) is 0 Å². The van der Waals surface area contributed by atoms with Gasteiger partial charge < -0.3 is 24.0 Å². The zero-order valence-corrected chi connectivity index (χ0v) is 6.84. The van der Waals surface area contributed by atoms with Gasteiger partial charge in [-0.1, -0.05) is 0 Å². The monoisotopic (exact) mass is 221 g/mol. The van der Waals surface area contributed by atoms with Gasteiger partial charge in [0, 0.05) is 12.1 Å². The topological polar surface area (TPSA) is 14.1 Å². The maximum atomic E-state index is 2.93. The molecule has 1 rings (SSSR count). The first kappa shape index (κ1) is 7.88. The molecule has 44 valence electrons.